The van der Waals surface area contributed by atoms with Gasteiger partial charge in [-0.05, 0) is 25.3 Å². The number of likely N-dealkylation sites (tertiary alicyclic amines) is 1. The Morgan fingerprint density at radius 2 is 1.88 bits per heavy atom. The Balaban J connectivity index is 1.63. The van der Waals surface area contributed by atoms with Crippen molar-refractivity contribution >= 4 is 23.5 Å². The zero-order valence-corrected chi connectivity index (χ0v) is 15.5. The molecule has 5 nitrogen and oxygen atoms in total. The van der Waals surface area contributed by atoms with E-state index in [1.165, 1.54) is 11.8 Å². The van der Waals surface area contributed by atoms with Crippen molar-refractivity contribution in [3.8, 4) is 0 Å². The van der Waals surface area contributed by atoms with E-state index in [-0.39, 0.29) is 11.7 Å². The molecule has 1 aromatic carbocycles. The molecule has 1 amide bonds. The molecule has 1 saturated heterocycles. The molecule has 1 aliphatic rings. The molecular weight excluding hydrogens is 334 g/mol. The van der Waals surface area contributed by atoms with Crippen molar-refractivity contribution < 1.29 is 9.59 Å². The molecule has 1 aliphatic heterocycles. The molecule has 0 saturated carbocycles. The van der Waals surface area contributed by atoms with Crippen LogP contribution >= 0.6 is 11.8 Å². The van der Waals surface area contributed by atoms with E-state index in [4.69, 9.17) is 0 Å². The molecule has 2 heterocycles. The van der Waals surface area contributed by atoms with Gasteiger partial charge >= 0.3 is 0 Å². The third-order valence-corrected chi connectivity index (χ3v) is 6.11. The molecule has 0 N–H and O–H groups in total. The van der Waals surface area contributed by atoms with Gasteiger partial charge in [0.05, 0.1) is 11.2 Å². The summed E-state index contributed by atoms with van der Waals surface area (Å²) in [5, 5.41) is 0.840. The number of piperidine rings is 1. The lowest BCUT2D eigenvalue weighted by molar-refractivity contribution is -0.133. The summed E-state index contributed by atoms with van der Waals surface area (Å²) in [6.07, 6.45) is 4.97. The predicted octanol–water partition coefficient (Wildman–Crippen LogP) is 2.66. The fourth-order valence-corrected chi connectivity index (χ4v) is 4.28. The molecule has 2 aromatic rings. The summed E-state index contributed by atoms with van der Waals surface area (Å²) in [7, 11) is 1.92. The number of nitrogens with zero attached hydrogens (tertiary/aromatic N) is 3. The van der Waals surface area contributed by atoms with Gasteiger partial charge in [-0.15, -0.1) is 0 Å². The topological polar surface area (TPSA) is 55.2 Å². The molecule has 3 rings (SSSR count). The van der Waals surface area contributed by atoms with E-state index >= 15 is 0 Å². The van der Waals surface area contributed by atoms with Gasteiger partial charge in [-0.25, -0.2) is 4.98 Å². The second-order valence-corrected chi connectivity index (χ2v) is 7.44. The first-order valence-corrected chi connectivity index (χ1v) is 9.46. The standard InChI is InChI=1S/C19H23N3O2S/c1-15(23)19(16-6-4-3-5-7-16)8-11-22(12-9-19)17(24)14-25-18-20-10-13-21(18)2/h3-7,10,13H,8-9,11-12,14H2,1-2H3. The van der Waals surface area contributed by atoms with Crippen LogP contribution in [0.3, 0.4) is 0 Å². The Labute approximate surface area is 152 Å². The second kappa shape index (κ2) is 7.44. The van der Waals surface area contributed by atoms with Crippen LogP contribution in [-0.4, -0.2) is 45.0 Å². The van der Waals surface area contributed by atoms with Crippen molar-refractivity contribution in [3.63, 3.8) is 0 Å². The summed E-state index contributed by atoms with van der Waals surface area (Å²) < 4.78 is 1.91. The number of hydrogen-bond acceptors (Lipinski definition) is 4. The summed E-state index contributed by atoms with van der Waals surface area (Å²) in [4.78, 5) is 31.0. The molecule has 6 heteroatoms. The number of aryl methyl sites for hydroxylation is 1. The maximum absolute atomic E-state index is 12.5. The van der Waals surface area contributed by atoms with Gasteiger partial charge in [-0.1, -0.05) is 42.1 Å². The number of imidazole rings is 1. The molecule has 132 valence electrons. The second-order valence-electron chi connectivity index (χ2n) is 6.49. The average Bonchev–Trinajstić information content (AvgIpc) is 3.05. The molecule has 25 heavy (non-hydrogen) atoms. The minimum Gasteiger partial charge on any atom is -0.342 e. The number of ketones is 1. The van der Waals surface area contributed by atoms with Crippen LogP contribution in [0.1, 0.15) is 25.3 Å². The van der Waals surface area contributed by atoms with Crippen molar-refractivity contribution in [1.29, 1.82) is 0 Å². The number of rotatable bonds is 5. The van der Waals surface area contributed by atoms with E-state index in [9.17, 15) is 9.59 Å². The van der Waals surface area contributed by atoms with E-state index in [1.807, 2.05) is 53.0 Å². The highest BCUT2D eigenvalue weighted by Gasteiger charge is 2.41. The van der Waals surface area contributed by atoms with Crippen molar-refractivity contribution in [2.24, 2.45) is 7.05 Å². The largest absolute Gasteiger partial charge is 0.342 e. The predicted molar refractivity (Wildman–Crippen MR) is 98.5 cm³/mol. The molecule has 0 bridgehead atoms. The number of Topliss-reactive ketones (excluding diaryl/α,β-unsaturated/α-hetero) is 1. The third-order valence-electron chi connectivity index (χ3n) is 5.07. The van der Waals surface area contributed by atoms with Crippen LogP contribution in [0.4, 0.5) is 0 Å². The van der Waals surface area contributed by atoms with E-state index in [2.05, 4.69) is 4.98 Å². The maximum atomic E-state index is 12.5. The fourth-order valence-electron chi connectivity index (χ4n) is 3.45. The number of benzene rings is 1. The zero-order valence-electron chi connectivity index (χ0n) is 14.6. The minimum absolute atomic E-state index is 0.109. The van der Waals surface area contributed by atoms with E-state index in [1.54, 1.807) is 13.1 Å². The minimum atomic E-state index is -0.454. The highest BCUT2D eigenvalue weighted by Crippen LogP contribution is 2.36. The van der Waals surface area contributed by atoms with Gasteiger partial charge in [-0.3, -0.25) is 9.59 Å². The zero-order chi connectivity index (χ0) is 17.9. The number of hydrogen-bond donors (Lipinski definition) is 0. The van der Waals surface area contributed by atoms with Crippen LogP contribution in [0.5, 0.6) is 0 Å². The lowest BCUT2D eigenvalue weighted by atomic mass is 9.70. The summed E-state index contributed by atoms with van der Waals surface area (Å²) in [6, 6.07) is 9.96. The Hall–Kier alpha value is -2.08. The highest BCUT2D eigenvalue weighted by atomic mass is 32.2. The summed E-state index contributed by atoms with van der Waals surface area (Å²) in [6.45, 7) is 2.91. The van der Waals surface area contributed by atoms with Gasteiger partial charge in [0.1, 0.15) is 5.78 Å². The van der Waals surface area contributed by atoms with Crippen LogP contribution < -0.4 is 0 Å². The third kappa shape index (κ3) is 3.63. The van der Waals surface area contributed by atoms with E-state index in [0.29, 0.717) is 31.7 Å². The Kier molecular flexibility index (Phi) is 5.27. The SMILES string of the molecule is CC(=O)C1(c2ccccc2)CCN(C(=O)CSc2nccn2C)CC1. The monoisotopic (exact) mass is 357 g/mol. The fraction of sp³-hybridized carbons (Fsp3) is 0.421. The first kappa shape index (κ1) is 17.7. The van der Waals surface area contributed by atoms with Crippen molar-refractivity contribution in [2.45, 2.75) is 30.3 Å². The number of carbonyl (C=O) groups excluding carboxylic acids is 2. The first-order chi connectivity index (χ1) is 12.0. The van der Waals surface area contributed by atoms with E-state index in [0.717, 1.165) is 10.7 Å². The van der Waals surface area contributed by atoms with Crippen LogP contribution in [0, 0.1) is 0 Å². The average molecular weight is 357 g/mol. The smallest absolute Gasteiger partial charge is 0.233 e. The lowest BCUT2D eigenvalue weighted by Crippen LogP contribution is -2.48. The molecule has 1 aromatic heterocycles. The van der Waals surface area contributed by atoms with Gasteiger partial charge < -0.3 is 9.47 Å². The number of aromatic nitrogens is 2. The van der Waals surface area contributed by atoms with Crippen LogP contribution in [-0.2, 0) is 22.1 Å². The quantitative estimate of drug-likeness (QED) is 0.772. The van der Waals surface area contributed by atoms with E-state index < -0.39 is 5.41 Å². The number of amides is 1. The normalized spacial score (nSPS) is 16.6. The molecule has 0 unspecified atom stereocenters. The summed E-state index contributed by atoms with van der Waals surface area (Å²) >= 11 is 1.45. The summed E-state index contributed by atoms with van der Waals surface area (Å²) in [5.41, 5.74) is 0.613. The van der Waals surface area contributed by atoms with Crippen LogP contribution in [0.2, 0.25) is 0 Å². The van der Waals surface area contributed by atoms with Gasteiger partial charge in [0, 0.05) is 32.5 Å². The summed E-state index contributed by atoms with van der Waals surface area (Å²) in [5.74, 6) is 0.676. The molecule has 0 radical (unpaired) electrons. The maximum Gasteiger partial charge on any atom is 0.233 e. The molecular formula is C19H23N3O2S. The van der Waals surface area contributed by atoms with Gasteiger partial charge in [-0.2, -0.15) is 0 Å². The number of carbonyl (C=O) groups is 2. The van der Waals surface area contributed by atoms with Crippen LogP contribution in [0.25, 0.3) is 0 Å². The molecule has 0 atom stereocenters. The lowest BCUT2D eigenvalue weighted by Gasteiger charge is -2.40. The highest BCUT2D eigenvalue weighted by molar-refractivity contribution is 7.99. The molecule has 0 spiro atoms. The molecule has 0 aliphatic carbocycles. The van der Waals surface area contributed by atoms with Crippen molar-refractivity contribution in [2.75, 3.05) is 18.8 Å². The Morgan fingerprint density at radius 1 is 1.20 bits per heavy atom. The van der Waals surface area contributed by atoms with Gasteiger partial charge in [0.25, 0.3) is 0 Å². The van der Waals surface area contributed by atoms with Gasteiger partial charge in [0.15, 0.2) is 5.16 Å². The van der Waals surface area contributed by atoms with Gasteiger partial charge in [0.2, 0.25) is 5.91 Å². The molecule has 1 fully saturated rings. The Bertz CT molecular complexity index is 749. The van der Waals surface area contributed by atoms with Crippen molar-refractivity contribution in [3.05, 3.63) is 48.3 Å². The van der Waals surface area contributed by atoms with Crippen LogP contribution in [0.15, 0.2) is 47.9 Å². The number of thioether (sulfide) groups is 1. The first-order valence-electron chi connectivity index (χ1n) is 8.47. The van der Waals surface area contributed by atoms with Crippen molar-refractivity contribution in [1.82, 2.24) is 14.5 Å². The Morgan fingerprint density at radius 3 is 2.44 bits per heavy atom.